The van der Waals surface area contributed by atoms with E-state index in [2.05, 4.69) is 0 Å². The summed E-state index contributed by atoms with van der Waals surface area (Å²) in [6.07, 6.45) is 0. The van der Waals surface area contributed by atoms with Crippen molar-refractivity contribution in [2.24, 2.45) is 5.41 Å². The van der Waals surface area contributed by atoms with Gasteiger partial charge >= 0.3 is 5.97 Å². The van der Waals surface area contributed by atoms with Gasteiger partial charge in [-0.2, -0.15) is 0 Å². The molecule has 0 bridgehead atoms. The number of aliphatic hydroxyl groups excluding tert-OH is 1. The zero-order valence-corrected chi connectivity index (χ0v) is 14.1. The highest BCUT2D eigenvalue weighted by Gasteiger charge is 2.22. The van der Waals surface area contributed by atoms with Crippen molar-refractivity contribution in [3.05, 3.63) is 42.0 Å². The standard InChI is InChI=1S/C19H24O4/c1-13(18(21)23-12-19(2,3)11-20)14-5-6-16-10-17(22-4)8-7-15(16)9-14/h5-10,13,20H,11-12H2,1-4H3/t13-/m0/s1. The first-order valence-electron chi connectivity index (χ1n) is 7.71. The van der Waals surface area contributed by atoms with Crippen LogP contribution in [0.1, 0.15) is 32.3 Å². The second-order valence-corrected chi connectivity index (χ2v) is 6.62. The maximum atomic E-state index is 12.2. The number of methoxy groups -OCH3 is 1. The van der Waals surface area contributed by atoms with Gasteiger partial charge in [-0.1, -0.05) is 38.1 Å². The first-order valence-corrected chi connectivity index (χ1v) is 7.71. The summed E-state index contributed by atoms with van der Waals surface area (Å²) < 4.78 is 10.6. The van der Waals surface area contributed by atoms with Gasteiger partial charge in [-0.3, -0.25) is 4.79 Å². The first kappa shape index (κ1) is 17.3. The van der Waals surface area contributed by atoms with Gasteiger partial charge in [-0.15, -0.1) is 0 Å². The average molecular weight is 316 g/mol. The predicted molar refractivity (Wildman–Crippen MR) is 90.7 cm³/mol. The van der Waals surface area contributed by atoms with Crippen molar-refractivity contribution in [3.8, 4) is 5.75 Å². The number of esters is 1. The first-order chi connectivity index (χ1) is 10.9. The summed E-state index contributed by atoms with van der Waals surface area (Å²) in [4.78, 5) is 12.2. The maximum absolute atomic E-state index is 12.2. The Morgan fingerprint density at radius 1 is 1.17 bits per heavy atom. The SMILES string of the molecule is COc1ccc2cc([C@H](C)C(=O)OCC(C)(C)CO)ccc2c1. The monoisotopic (exact) mass is 316 g/mol. The lowest BCUT2D eigenvalue weighted by Crippen LogP contribution is -2.27. The van der Waals surface area contributed by atoms with Crippen LogP contribution in [0.3, 0.4) is 0 Å². The fourth-order valence-electron chi connectivity index (χ4n) is 2.21. The van der Waals surface area contributed by atoms with Gasteiger partial charge in [-0.05, 0) is 35.4 Å². The molecule has 0 fully saturated rings. The molecule has 0 saturated carbocycles. The molecule has 0 heterocycles. The van der Waals surface area contributed by atoms with E-state index in [1.54, 1.807) is 7.11 Å². The van der Waals surface area contributed by atoms with E-state index < -0.39 is 5.41 Å². The smallest absolute Gasteiger partial charge is 0.313 e. The van der Waals surface area contributed by atoms with Gasteiger partial charge in [-0.25, -0.2) is 0 Å². The minimum Gasteiger partial charge on any atom is -0.497 e. The molecule has 4 heteroatoms. The van der Waals surface area contributed by atoms with Crippen molar-refractivity contribution in [1.82, 2.24) is 0 Å². The largest absolute Gasteiger partial charge is 0.497 e. The van der Waals surface area contributed by atoms with Gasteiger partial charge in [0.1, 0.15) is 5.75 Å². The molecule has 1 atom stereocenters. The van der Waals surface area contributed by atoms with Crippen LogP contribution < -0.4 is 4.74 Å². The number of benzene rings is 2. The highest BCUT2D eigenvalue weighted by atomic mass is 16.5. The number of rotatable bonds is 6. The molecule has 2 aromatic carbocycles. The van der Waals surface area contributed by atoms with Gasteiger partial charge in [0.15, 0.2) is 0 Å². The van der Waals surface area contributed by atoms with Gasteiger partial charge in [0.05, 0.1) is 26.2 Å². The lowest BCUT2D eigenvalue weighted by Gasteiger charge is -2.22. The Morgan fingerprint density at radius 2 is 1.83 bits per heavy atom. The van der Waals surface area contributed by atoms with Crippen molar-refractivity contribution < 1.29 is 19.4 Å². The molecule has 124 valence electrons. The Labute approximate surface area is 137 Å². The Morgan fingerprint density at radius 3 is 2.48 bits per heavy atom. The van der Waals surface area contributed by atoms with Crippen molar-refractivity contribution in [2.45, 2.75) is 26.7 Å². The third-order valence-electron chi connectivity index (χ3n) is 3.96. The topological polar surface area (TPSA) is 55.8 Å². The Balaban J connectivity index is 2.14. The van der Waals surface area contributed by atoms with Gasteiger partial charge in [0.2, 0.25) is 0 Å². The van der Waals surface area contributed by atoms with Gasteiger partial charge in [0, 0.05) is 5.41 Å². The molecular weight excluding hydrogens is 292 g/mol. The van der Waals surface area contributed by atoms with Crippen LogP contribution in [0.4, 0.5) is 0 Å². The molecule has 1 N–H and O–H groups in total. The fourth-order valence-corrected chi connectivity index (χ4v) is 2.21. The van der Waals surface area contributed by atoms with Crippen LogP contribution in [-0.2, 0) is 9.53 Å². The minimum absolute atomic E-state index is 0.0214. The van der Waals surface area contributed by atoms with Crippen molar-refractivity contribution in [2.75, 3.05) is 20.3 Å². The molecule has 4 nitrogen and oxygen atoms in total. The zero-order valence-electron chi connectivity index (χ0n) is 14.1. The van der Waals surface area contributed by atoms with Crippen LogP contribution in [0.5, 0.6) is 5.75 Å². The number of hydrogen-bond donors (Lipinski definition) is 1. The molecule has 0 radical (unpaired) electrons. The normalized spacial score (nSPS) is 12.9. The molecule has 0 aromatic heterocycles. The summed E-state index contributed by atoms with van der Waals surface area (Å²) in [6.45, 7) is 5.73. The molecule has 0 aliphatic carbocycles. The highest BCUT2D eigenvalue weighted by molar-refractivity contribution is 5.86. The number of carbonyl (C=O) groups excluding carboxylic acids is 1. The van der Waals surface area contributed by atoms with E-state index in [4.69, 9.17) is 9.47 Å². The van der Waals surface area contributed by atoms with Gasteiger partial charge in [0.25, 0.3) is 0 Å². The van der Waals surface area contributed by atoms with Gasteiger partial charge < -0.3 is 14.6 Å². The van der Waals surface area contributed by atoms with Crippen LogP contribution >= 0.6 is 0 Å². The molecule has 0 aliphatic rings. The second-order valence-electron chi connectivity index (χ2n) is 6.62. The maximum Gasteiger partial charge on any atom is 0.313 e. The molecule has 0 aliphatic heterocycles. The van der Waals surface area contributed by atoms with Crippen molar-refractivity contribution >= 4 is 16.7 Å². The van der Waals surface area contributed by atoms with Crippen molar-refractivity contribution in [3.63, 3.8) is 0 Å². The number of hydrogen-bond acceptors (Lipinski definition) is 4. The summed E-state index contributed by atoms with van der Waals surface area (Å²) in [5.41, 5.74) is 0.490. The lowest BCUT2D eigenvalue weighted by atomic mass is 9.95. The van der Waals surface area contributed by atoms with Crippen LogP contribution in [0.15, 0.2) is 36.4 Å². The van der Waals surface area contributed by atoms with Crippen LogP contribution in [-0.4, -0.2) is 31.4 Å². The molecule has 2 aromatic rings. The Kier molecular flexibility index (Phi) is 5.26. The third kappa shape index (κ3) is 4.23. The summed E-state index contributed by atoms with van der Waals surface area (Å²) in [5.74, 6) is 0.180. The Bertz CT molecular complexity index is 691. The number of carbonyl (C=O) groups is 1. The van der Waals surface area contributed by atoms with Crippen LogP contribution in [0.2, 0.25) is 0 Å². The van der Waals surface area contributed by atoms with Crippen molar-refractivity contribution in [1.29, 1.82) is 0 Å². The highest BCUT2D eigenvalue weighted by Crippen LogP contribution is 2.26. The molecule has 0 unspecified atom stereocenters. The summed E-state index contributed by atoms with van der Waals surface area (Å²) in [6, 6.07) is 11.8. The number of fused-ring (bicyclic) bond motifs is 1. The van der Waals surface area contributed by atoms with Crippen LogP contribution in [0, 0.1) is 5.41 Å². The second kappa shape index (κ2) is 7.01. The summed E-state index contributed by atoms with van der Waals surface area (Å²) >= 11 is 0. The fraction of sp³-hybridized carbons (Fsp3) is 0.421. The number of ether oxygens (including phenoxy) is 2. The molecule has 0 spiro atoms. The van der Waals surface area contributed by atoms with E-state index in [1.165, 1.54) is 0 Å². The predicted octanol–water partition coefficient (Wildman–Crippen LogP) is 3.51. The Hall–Kier alpha value is -2.07. The average Bonchev–Trinajstić information content (AvgIpc) is 2.58. The van der Waals surface area contributed by atoms with E-state index in [0.717, 1.165) is 22.1 Å². The quantitative estimate of drug-likeness (QED) is 0.829. The molecule has 23 heavy (non-hydrogen) atoms. The zero-order chi connectivity index (χ0) is 17.0. The molecule has 0 saturated heterocycles. The van der Waals surface area contributed by atoms with E-state index in [1.807, 2.05) is 57.2 Å². The van der Waals surface area contributed by atoms with E-state index in [-0.39, 0.29) is 25.1 Å². The summed E-state index contributed by atoms with van der Waals surface area (Å²) in [5, 5.41) is 11.3. The molecule has 2 rings (SSSR count). The summed E-state index contributed by atoms with van der Waals surface area (Å²) in [7, 11) is 1.64. The lowest BCUT2D eigenvalue weighted by molar-refractivity contribution is -0.148. The molecule has 0 amide bonds. The van der Waals surface area contributed by atoms with Crippen LogP contribution in [0.25, 0.3) is 10.8 Å². The molecular formula is C19H24O4. The number of aliphatic hydroxyl groups is 1. The van der Waals surface area contributed by atoms with E-state index in [0.29, 0.717) is 0 Å². The minimum atomic E-state index is -0.421. The van der Waals surface area contributed by atoms with E-state index >= 15 is 0 Å². The third-order valence-corrected chi connectivity index (χ3v) is 3.96. The van der Waals surface area contributed by atoms with E-state index in [9.17, 15) is 9.90 Å².